The van der Waals surface area contributed by atoms with Gasteiger partial charge in [-0.3, -0.25) is 0 Å². The van der Waals surface area contributed by atoms with Crippen molar-refractivity contribution < 1.29 is 9.90 Å². The maximum atomic E-state index is 11.0. The van der Waals surface area contributed by atoms with Crippen LogP contribution in [0.4, 0.5) is 0 Å². The Bertz CT molecular complexity index is 654. The van der Waals surface area contributed by atoms with Crippen LogP contribution >= 0.6 is 0 Å². The molecule has 1 heterocycles. The third-order valence-electron chi connectivity index (χ3n) is 4.72. The molecule has 1 fully saturated rings. The van der Waals surface area contributed by atoms with Crippen molar-refractivity contribution in [3.8, 4) is 0 Å². The van der Waals surface area contributed by atoms with Crippen molar-refractivity contribution in [1.82, 2.24) is 9.55 Å². The molecule has 1 aromatic heterocycles. The van der Waals surface area contributed by atoms with E-state index in [-0.39, 0.29) is 0 Å². The summed E-state index contributed by atoms with van der Waals surface area (Å²) in [6.45, 7) is 0. The van der Waals surface area contributed by atoms with Crippen LogP contribution < -0.4 is 0 Å². The normalized spacial score (nSPS) is 16.4. The second-order valence-corrected chi connectivity index (χ2v) is 6.14. The number of rotatable bonds is 4. The number of hydrogen-bond donors (Lipinski definition) is 1. The molecule has 0 amide bonds. The van der Waals surface area contributed by atoms with Gasteiger partial charge in [-0.05, 0) is 30.5 Å². The second kappa shape index (κ2) is 5.88. The summed E-state index contributed by atoms with van der Waals surface area (Å²) in [7, 11) is 2.02. The van der Waals surface area contributed by atoms with Gasteiger partial charge in [0.1, 0.15) is 5.82 Å². The van der Waals surface area contributed by atoms with Crippen molar-refractivity contribution in [1.29, 1.82) is 0 Å². The first-order valence-corrected chi connectivity index (χ1v) is 7.84. The van der Waals surface area contributed by atoms with Gasteiger partial charge in [-0.25, -0.2) is 9.78 Å². The number of carboxylic acid groups (broad SMARTS) is 1. The van der Waals surface area contributed by atoms with Gasteiger partial charge in [0, 0.05) is 13.5 Å². The molecule has 4 heteroatoms. The lowest BCUT2D eigenvalue weighted by Gasteiger charge is -2.21. The molecule has 3 rings (SSSR count). The smallest absolute Gasteiger partial charge is 0.335 e. The number of aryl methyl sites for hydroxylation is 2. The van der Waals surface area contributed by atoms with Crippen molar-refractivity contribution in [3.05, 3.63) is 29.6 Å². The lowest BCUT2D eigenvalue weighted by Crippen LogP contribution is -2.09. The summed E-state index contributed by atoms with van der Waals surface area (Å²) in [4.78, 5) is 15.7. The predicted octanol–water partition coefficient (Wildman–Crippen LogP) is 3.78. The lowest BCUT2D eigenvalue weighted by molar-refractivity contribution is 0.0697. The van der Waals surface area contributed by atoms with E-state index >= 15 is 0 Å². The van der Waals surface area contributed by atoms with Crippen LogP contribution in [0.15, 0.2) is 18.2 Å². The number of aromatic carboxylic acids is 1. The van der Waals surface area contributed by atoms with E-state index < -0.39 is 5.97 Å². The van der Waals surface area contributed by atoms with Crippen molar-refractivity contribution in [3.63, 3.8) is 0 Å². The number of fused-ring (bicyclic) bond motifs is 1. The van der Waals surface area contributed by atoms with Gasteiger partial charge in [-0.1, -0.05) is 32.1 Å². The molecular weight excluding hydrogens is 264 g/mol. The zero-order chi connectivity index (χ0) is 14.8. The van der Waals surface area contributed by atoms with Gasteiger partial charge in [-0.2, -0.15) is 0 Å². The third kappa shape index (κ3) is 2.94. The van der Waals surface area contributed by atoms with Crippen LogP contribution in [0.25, 0.3) is 11.0 Å². The fraction of sp³-hybridized carbons (Fsp3) is 0.529. The molecule has 1 aromatic carbocycles. The molecule has 0 bridgehead atoms. The average molecular weight is 286 g/mol. The Balaban J connectivity index is 1.78. The largest absolute Gasteiger partial charge is 0.478 e. The van der Waals surface area contributed by atoms with Gasteiger partial charge in [0.25, 0.3) is 0 Å². The molecule has 0 radical (unpaired) electrons. The highest BCUT2D eigenvalue weighted by Crippen LogP contribution is 2.28. The highest BCUT2D eigenvalue weighted by molar-refractivity contribution is 5.92. The van der Waals surface area contributed by atoms with E-state index in [1.807, 2.05) is 13.1 Å². The minimum atomic E-state index is -0.897. The first-order valence-electron chi connectivity index (χ1n) is 7.84. The quantitative estimate of drug-likeness (QED) is 0.930. The fourth-order valence-electron chi connectivity index (χ4n) is 3.42. The fourth-order valence-corrected chi connectivity index (χ4v) is 3.42. The van der Waals surface area contributed by atoms with E-state index in [4.69, 9.17) is 5.11 Å². The van der Waals surface area contributed by atoms with Crippen LogP contribution in [0.5, 0.6) is 0 Å². The zero-order valence-electron chi connectivity index (χ0n) is 12.5. The van der Waals surface area contributed by atoms with Crippen LogP contribution in [-0.2, 0) is 13.5 Å². The summed E-state index contributed by atoms with van der Waals surface area (Å²) in [5.74, 6) is 1.01. The lowest BCUT2D eigenvalue weighted by atomic mass is 9.86. The van der Waals surface area contributed by atoms with Gasteiger partial charge < -0.3 is 9.67 Å². The molecule has 2 aromatic rings. The van der Waals surface area contributed by atoms with Crippen LogP contribution in [-0.4, -0.2) is 20.6 Å². The molecule has 0 unspecified atom stereocenters. The number of carboxylic acids is 1. The van der Waals surface area contributed by atoms with E-state index in [9.17, 15) is 4.79 Å². The number of nitrogens with zero attached hydrogens (tertiary/aromatic N) is 2. The molecule has 0 saturated heterocycles. The third-order valence-corrected chi connectivity index (χ3v) is 4.72. The molecule has 4 nitrogen and oxygen atoms in total. The molecule has 1 saturated carbocycles. The molecule has 0 aliphatic heterocycles. The van der Waals surface area contributed by atoms with Gasteiger partial charge in [-0.15, -0.1) is 0 Å². The van der Waals surface area contributed by atoms with Gasteiger partial charge in [0.2, 0.25) is 0 Å². The topological polar surface area (TPSA) is 55.1 Å². The van der Waals surface area contributed by atoms with Crippen LogP contribution in [0, 0.1) is 5.92 Å². The Morgan fingerprint density at radius 2 is 2.10 bits per heavy atom. The summed E-state index contributed by atoms with van der Waals surface area (Å²) >= 11 is 0. The van der Waals surface area contributed by atoms with E-state index in [1.165, 1.54) is 38.5 Å². The highest BCUT2D eigenvalue weighted by Gasteiger charge is 2.16. The SMILES string of the molecule is Cn1c(CCC2CCCCC2)nc2cc(C(=O)O)ccc21. The Labute approximate surface area is 124 Å². The van der Waals surface area contributed by atoms with E-state index in [1.54, 1.807) is 12.1 Å². The molecule has 21 heavy (non-hydrogen) atoms. The molecule has 1 aliphatic carbocycles. The number of imidazole rings is 1. The molecule has 1 aliphatic rings. The molecular formula is C17H22N2O2. The highest BCUT2D eigenvalue weighted by atomic mass is 16.4. The van der Waals surface area contributed by atoms with Crippen LogP contribution in [0.3, 0.4) is 0 Å². The van der Waals surface area contributed by atoms with Gasteiger partial charge in [0.05, 0.1) is 16.6 Å². The van der Waals surface area contributed by atoms with Crippen molar-refractivity contribution >= 4 is 17.0 Å². The Morgan fingerprint density at radius 3 is 2.81 bits per heavy atom. The maximum absolute atomic E-state index is 11.0. The Kier molecular flexibility index (Phi) is 3.95. The maximum Gasteiger partial charge on any atom is 0.335 e. The average Bonchev–Trinajstić information content (AvgIpc) is 2.82. The van der Waals surface area contributed by atoms with Gasteiger partial charge in [0.15, 0.2) is 0 Å². The van der Waals surface area contributed by atoms with Crippen LogP contribution in [0.2, 0.25) is 0 Å². The number of aromatic nitrogens is 2. The standard InChI is InChI=1S/C17H22N2O2/c1-19-15-9-8-13(17(20)21)11-14(15)18-16(19)10-7-12-5-3-2-4-6-12/h8-9,11-12H,2-7,10H2,1H3,(H,20,21). The summed E-state index contributed by atoms with van der Waals surface area (Å²) in [5, 5.41) is 9.06. The predicted molar refractivity (Wildman–Crippen MR) is 82.6 cm³/mol. The zero-order valence-corrected chi connectivity index (χ0v) is 12.5. The Hall–Kier alpha value is -1.84. The van der Waals surface area contributed by atoms with Crippen molar-refractivity contribution in [2.75, 3.05) is 0 Å². The first-order chi connectivity index (χ1) is 10.1. The van der Waals surface area contributed by atoms with Crippen LogP contribution in [0.1, 0.15) is 54.7 Å². The van der Waals surface area contributed by atoms with Gasteiger partial charge >= 0.3 is 5.97 Å². The van der Waals surface area contributed by atoms with E-state index in [0.717, 1.165) is 29.2 Å². The number of carbonyl (C=O) groups is 1. The Morgan fingerprint density at radius 1 is 1.33 bits per heavy atom. The molecule has 0 spiro atoms. The minimum Gasteiger partial charge on any atom is -0.478 e. The van der Waals surface area contributed by atoms with E-state index in [0.29, 0.717) is 5.56 Å². The summed E-state index contributed by atoms with van der Waals surface area (Å²) < 4.78 is 2.10. The summed E-state index contributed by atoms with van der Waals surface area (Å²) in [6.07, 6.45) is 9.02. The summed E-state index contributed by atoms with van der Waals surface area (Å²) in [6, 6.07) is 5.18. The first kappa shape index (κ1) is 14.1. The monoisotopic (exact) mass is 286 g/mol. The number of benzene rings is 1. The summed E-state index contributed by atoms with van der Waals surface area (Å²) in [5.41, 5.74) is 2.11. The van der Waals surface area contributed by atoms with Crippen molar-refractivity contribution in [2.45, 2.75) is 44.9 Å². The molecule has 112 valence electrons. The van der Waals surface area contributed by atoms with Crippen molar-refractivity contribution in [2.24, 2.45) is 13.0 Å². The molecule has 1 N–H and O–H groups in total. The number of hydrogen-bond acceptors (Lipinski definition) is 2. The second-order valence-electron chi connectivity index (χ2n) is 6.14. The van der Waals surface area contributed by atoms with E-state index in [2.05, 4.69) is 9.55 Å². The minimum absolute atomic E-state index is 0.305. The molecule has 0 atom stereocenters.